The van der Waals surface area contributed by atoms with Crippen LogP contribution in [0.25, 0.3) is 0 Å². The van der Waals surface area contributed by atoms with Crippen molar-refractivity contribution in [3.05, 3.63) is 29.6 Å². The van der Waals surface area contributed by atoms with Gasteiger partial charge in [0.1, 0.15) is 5.82 Å². The Balaban J connectivity index is 2.88. The zero-order valence-corrected chi connectivity index (χ0v) is 12.6. The van der Waals surface area contributed by atoms with Crippen molar-refractivity contribution < 1.29 is 32.2 Å². The summed E-state index contributed by atoms with van der Waals surface area (Å²) in [6.45, 7) is 1.40. The molecular weight excluding hydrogens is 320 g/mol. The van der Waals surface area contributed by atoms with Gasteiger partial charge < -0.3 is 20.5 Å². The van der Waals surface area contributed by atoms with Crippen molar-refractivity contribution in [3.63, 3.8) is 0 Å². The number of urea groups is 1. The lowest BCUT2D eigenvalue weighted by atomic mass is 10.00. The first kappa shape index (κ1) is 19.2. The molecule has 0 saturated carbocycles. The molecule has 0 aliphatic carbocycles. The monoisotopic (exact) mass is 338 g/mol. The SMILES string of the molecule is COCC(C)(CCO)NC(=O)Nc1cc(C(F)(F)F)ccc1F. The van der Waals surface area contributed by atoms with Crippen molar-refractivity contribution in [2.45, 2.75) is 25.1 Å². The maximum Gasteiger partial charge on any atom is 0.416 e. The molecule has 1 atom stereocenters. The number of carbonyl (C=O) groups excluding carboxylic acids is 1. The highest BCUT2D eigenvalue weighted by molar-refractivity contribution is 5.90. The second-order valence-electron chi connectivity index (χ2n) is 5.24. The first-order chi connectivity index (χ1) is 10.6. The number of hydrogen-bond acceptors (Lipinski definition) is 3. The van der Waals surface area contributed by atoms with Crippen molar-refractivity contribution in [2.75, 3.05) is 25.6 Å². The minimum Gasteiger partial charge on any atom is -0.396 e. The number of aliphatic hydroxyl groups is 1. The van der Waals surface area contributed by atoms with E-state index in [2.05, 4.69) is 5.32 Å². The van der Waals surface area contributed by atoms with Crippen LogP contribution in [-0.2, 0) is 10.9 Å². The summed E-state index contributed by atoms with van der Waals surface area (Å²) in [5, 5.41) is 13.5. The van der Waals surface area contributed by atoms with Crippen molar-refractivity contribution in [2.24, 2.45) is 0 Å². The average Bonchev–Trinajstić information content (AvgIpc) is 2.40. The fourth-order valence-electron chi connectivity index (χ4n) is 1.96. The van der Waals surface area contributed by atoms with Gasteiger partial charge in [0.05, 0.1) is 23.4 Å². The zero-order valence-electron chi connectivity index (χ0n) is 12.6. The van der Waals surface area contributed by atoms with Crippen LogP contribution in [0.1, 0.15) is 18.9 Å². The van der Waals surface area contributed by atoms with E-state index in [0.717, 1.165) is 0 Å². The van der Waals surface area contributed by atoms with Crippen LogP contribution in [0.2, 0.25) is 0 Å². The summed E-state index contributed by atoms with van der Waals surface area (Å²) in [6, 6.07) is 0.810. The highest BCUT2D eigenvalue weighted by Gasteiger charge is 2.32. The number of rotatable bonds is 6. The molecule has 0 heterocycles. The number of halogens is 4. The van der Waals surface area contributed by atoms with Gasteiger partial charge in [-0.3, -0.25) is 0 Å². The van der Waals surface area contributed by atoms with Crippen LogP contribution in [0, 0.1) is 5.82 Å². The number of aliphatic hydroxyl groups excluding tert-OH is 1. The summed E-state index contributed by atoms with van der Waals surface area (Å²) in [5.41, 5.74) is -2.63. The maximum atomic E-state index is 13.6. The van der Waals surface area contributed by atoms with E-state index in [4.69, 9.17) is 9.84 Å². The molecule has 9 heteroatoms. The van der Waals surface area contributed by atoms with E-state index in [1.165, 1.54) is 7.11 Å². The Bertz CT molecular complexity index is 543. The molecule has 0 bridgehead atoms. The first-order valence-corrected chi connectivity index (χ1v) is 6.67. The molecule has 0 aliphatic heterocycles. The molecule has 0 saturated heterocycles. The van der Waals surface area contributed by atoms with Crippen molar-refractivity contribution in [3.8, 4) is 0 Å². The lowest BCUT2D eigenvalue weighted by Crippen LogP contribution is -2.51. The van der Waals surface area contributed by atoms with Gasteiger partial charge in [-0.05, 0) is 31.5 Å². The Morgan fingerprint density at radius 3 is 2.52 bits per heavy atom. The van der Waals surface area contributed by atoms with E-state index in [1.807, 2.05) is 5.32 Å². The Hall–Kier alpha value is -1.87. The number of carbonyl (C=O) groups is 1. The highest BCUT2D eigenvalue weighted by atomic mass is 19.4. The number of ether oxygens (including phenoxy) is 1. The fraction of sp³-hybridized carbons (Fsp3) is 0.500. The van der Waals surface area contributed by atoms with Crippen LogP contribution < -0.4 is 10.6 Å². The summed E-state index contributed by atoms with van der Waals surface area (Å²) < 4.78 is 56.3. The molecule has 0 aromatic heterocycles. The number of methoxy groups -OCH3 is 1. The van der Waals surface area contributed by atoms with E-state index in [0.29, 0.717) is 18.2 Å². The third kappa shape index (κ3) is 5.68. The summed E-state index contributed by atoms with van der Waals surface area (Å²) in [5.74, 6) is -0.997. The number of nitrogens with one attached hydrogen (secondary N) is 2. The Kier molecular flexibility index (Phi) is 6.34. The molecule has 5 nitrogen and oxygen atoms in total. The molecule has 1 unspecified atom stereocenters. The largest absolute Gasteiger partial charge is 0.416 e. The lowest BCUT2D eigenvalue weighted by Gasteiger charge is -2.29. The minimum atomic E-state index is -4.65. The molecule has 1 aromatic carbocycles. The van der Waals surface area contributed by atoms with E-state index >= 15 is 0 Å². The zero-order chi connectivity index (χ0) is 17.7. The van der Waals surface area contributed by atoms with Gasteiger partial charge in [-0.2, -0.15) is 13.2 Å². The highest BCUT2D eigenvalue weighted by Crippen LogP contribution is 2.31. The van der Waals surface area contributed by atoms with Crippen LogP contribution >= 0.6 is 0 Å². The second kappa shape index (κ2) is 7.60. The molecule has 23 heavy (non-hydrogen) atoms. The average molecular weight is 338 g/mol. The number of anilines is 1. The smallest absolute Gasteiger partial charge is 0.396 e. The molecule has 3 N–H and O–H groups in total. The molecule has 0 aliphatic rings. The van der Waals surface area contributed by atoms with Crippen LogP contribution in [-0.4, -0.2) is 37.0 Å². The molecule has 0 radical (unpaired) electrons. The summed E-state index contributed by atoms with van der Waals surface area (Å²) in [6.07, 6.45) is -4.50. The summed E-state index contributed by atoms with van der Waals surface area (Å²) in [4.78, 5) is 11.9. The maximum absolute atomic E-state index is 13.6. The summed E-state index contributed by atoms with van der Waals surface area (Å²) >= 11 is 0. The van der Waals surface area contributed by atoms with Gasteiger partial charge in [0.2, 0.25) is 0 Å². The Labute approximate surface area is 130 Å². The fourth-order valence-corrected chi connectivity index (χ4v) is 1.96. The van der Waals surface area contributed by atoms with Gasteiger partial charge in [-0.25, -0.2) is 9.18 Å². The predicted molar refractivity (Wildman–Crippen MR) is 75.5 cm³/mol. The van der Waals surface area contributed by atoms with Gasteiger partial charge in [0.25, 0.3) is 0 Å². The van der Waals surface area contributed by atoms with Gasteiger partial charge in [-0.1, -0.05) is 0 Å². The molecular formula is C14H18F4N2O3. The van der Waals surface area contributed by atoms with Crippen molar-refractivity contribution >= 4 is 11.7 Å². The number of alkyl halides is 3. The van der Waals surface area contributed by atoms with Crippen LogP contribution in [0.4, 0.5) is 28.0 Å². The van der Waals surface area contributed by atoms with E-state index in [1.54, 1.807) is 6.92 Å². The van der Waals surface area contributed by atoms with E-state index in [9.17, 15) is 22.4 Å². The molecule has 0 spiro atoms. The molecule has 0 fully saturated rings. The summed E-state index contributed by atoms with van der Waals surface area (Å²) in [7, 11) is 1.39. The third-order valence-corrected chi connectivity index (χ3v) is 3.08. The van der Waals surface area contributed by atoms with Crippen LogP contribution in [0.5, 0.6) is 0 Å². The van der Waals surface area contributed by atoms with Crippen LogP contribution in [0.3, 0.4) is 0 Å². The lowest BCUT2D eigenvalue weighted by molar-refractivity contribution is -0.137. The predicted octanol–water partition coefficient (Wildman–Crippen LogP) is 2.75. The van der Waals surface area contributed by atoms with E-state index < -0.39 is 34.8 Å². The Morgan fingerprint density at radius 2 is 2.00 bits per heavy atom. The molecule has 1 aromatic rings. The first-order valence-electron chi connectivity index (χ1n) is 6.67. The molecule has 1 rings (SSSR count). The van der Waals surface area contributed by atoms with Crippen molar-refractivity contribution in [1.82, 2.24) is 5.32 Å². The van der Waals surface area contributed by atoms with Gasteiger partial charge >= 0.3 is 12.2 Å². The number of hydrogen-bond donors (Lipinski definition) is 3. The third-order valence-electron chi connectivity index (χ3n) is 3.08. The molecule has 130 valence electrons. The normalized spacial score (nSPS) is 14.2. The Morgan fingerprint density at radius 1 is 1.35 bits per heavy atom. The van der Waals surface area contributed by atoms with Gasteiger partial charge in [-0.15, -0.1) is 0 Å². The topological polar surface area (TPSA) is 70.6 Å². The van der Waals surface area contributed by atoms with Crippen molar-refractivity contribution in [1.29, 1.82) is 0 Å². The standard InChI is InChI=1S/C14H18F4N2O3/c1-13(5-6-21,8-23-2)20-12(22)19-11-7-9(14(16,17)18)3-4-10(11)15/h3-4,7,21H,5-6,8H2,1-2H3,(H2,19,20,22). The molecule has 2 amide bonds. The number of benzene rings is 1. The minimum absolute atomic E-state index is 0.0616. The quantitative estimate of drug-likeness (QED) is 0.699. The van der Waals surface area contributed by atoms with Gasteiger partial charge in [0, 0.05) is 13.7 Å². The number of amides is 2. The van der Waals surface area contributed by atoms with Gasteiger partial charge in [0.15, 0.2) is 0 Å². The van der Waals surface area contributed by atoms with Crippen LogP contribution in [0.15, 0.2) is 18.2 Å². The second-order valence-corrected chi connectivity index (χ2v) is 5.24. The van der Waals surface area contributed by atoms with E-state index in [-0.39, 0.29) is 19.6 Å².